The van der Waals surface area contributed by atoms with Crippen LogP contribution in [-0.4, -0.2) is 72.1 Å². The van der Waals surface area contributed by atoms with Crippen molar-refractivity contribution in [3.63, 3.8) is 0 Å². The van der Waals surface area contributed by atoms with E-state index >= 15 is 0 Å². The van der Waals surface area contributed by atoms with Crippen molar-refractivity contribution in [3.8, 4) is 0 Å². The van der Waals surface area contributed by atoms with E-state index in [-0.39, 0.29) is 28.5 Å². The van der Waals surface area contributed by atoms with Crippen molar-refractivity contribution in [1.82, 2.24) is 19.8 Å². The number of hydrogen-bond acceptors (Lipinski definition) is 8. The number of nitrogens with two attached hydrogens (primary N) is 1. The number of nitrogens with one attached hydrogen (secondary N) is 2. The van der Waals surface area contributed by atoms with Crippen LogP contribution in [0.15, 0.2) is 12.4 Å². The van der Waals surface area contributed by atoms with Crippen molar-refractivity contribution in [2.45, 2.75) is 52.6 Å². The van der Waals surface area contributed by atoms with Gasteiger partial charge in [0.2, 0.25) is 0 Å². The summed E-state index contributed by atoms with van der Waals surface area (Å²) in [5.74, 6) is 0.256. The molecule has 0 aliphatic carbocycles. The summed E-state index contributed by atoms with van der Waals surface area (Å²) in [5, 5.41) is 5.81. The highest BCUT2D eigenvalue weighted by Crippen LogP contribution is 2.39. The second-order valence-electron chi connectivity index (χ2n) is 10.1. The summed E-state index contributed by atoms with van der Waals surface area (Å²) in [5.41, 5.74) is 9.17. The SMILES string of the molecule is CCC(CN(C)C)c1c(N)c(Nc2ncnc(NC(=O)OC(C)(C)C)c2Cl)cc(C)c1C(=O)N(C)C. The molecule has 0 saturated carbocycles. The number of likely N-dealkylation sites (N-methyl/N-ethyl adjacent to an activating group) is 1. The van der Waals surface area contributed by atoms with Gasteiger partial charge in [-0.1, -0.05) is 18.5 Å². The van der Waals surface area contributed by atoms with Gasteiger partial charge in [0, 0.05) is 26.2 Å². The maximum Gasteiger partial charge on any atom is 0.413 e. The van der Waals surface area contributed by atoms with E-state index < -0.39 is 11.7 Å². The van der Waals surface area contributed by atoms with Crippen LogP contribution in [0.4, 0.5) is 27.8 Å². The minimum atomic E-state index is -0.687. The van der Waals surface area contributed by atoms with Crippen LogP contribution in [0.1, 0.15) is 61.5 Å². The number of aryl methyl sites for hydroxylation is 1. The maximum absolute atomic E-state index is 13.2. The van der Waals surface area contributed by atoms with Crippen molar-refractivity contribution in [2.75, 3.05) is 51.1 Å². The first-order valence-electron chi connectivity index (χ1n) is 11.7. The number of hydrogen-bond donors (Lipinski definition) is 3. The molecule has 2 aromatic rings. The zero-order chi connectivity index (χ0) is 27.4. The first-order valence-corrected chi connectivity index (χ1v) is 12.1. The third kappa shape index (κ3) is 7.20. The third-order valence-corrected chi connectivity index (χ3v) is 5.73. The fourth-order valence-electron chi connectivity index (χ4n) is 3.83. The number of anilines is 4. The van der Waals surface area contributed by atoms with Crippen molar-refractivity contribution in [1.29, 1.82) is 0 Å². The Hall–Kier alpha value is -3.11. The Balaban J connectivity index is 2.56. The monoisotopic (exact) mass is 519 g/mol. The molecule has 1 aromatic carbocycles. The van der Waals surface area contributed by atoms with E-state index in [1.54, 1.807) is 45.8 Å². The molecule has 1 aromatic heterocycles. The van der Waals surface area contributed by atoms with Gasteiger partial charge in [0.25, 0.3) is 5.91 Å². The zero-order valence-corrected chi connectivity index (χ0v) is 23.4. The molecule has 0 radical (unpaired) electrons. The molecule has 198 valence electrons. The van der Waals surface area contributed by atoms with Crippen LogP contribution in [0, 0.1) is 6.92 Å². The maximum atomic E-state index is 13.2. The number of benzene rings is 1. The Kier molecular flexibility index (Phi) is 9.51. The molecule has 36 heavy (non-hydrogen) atoms. The lowest BCUT2D eigenvalue weighted by Gasteiger charge is -2.28. The molecule has 11 heteroatoms. The predicted octanol–water partition coefficient (Wildman–Crippen LogP) is 4.87. The fraction of sp³-hybridized carbons (Fsp3) is 0.520. The van der Waals surface area contributed by atoms with E-state index in [0.29, 0.717) is 16.9 Å². The number of carbonyl (C=O) groups is 2. The van der Waals surface area contributed by atoms with E-state index in [1.807, 2.05) is 21.0 Å². The molecular formula is C25H38ClN7O3. The van der Waals surface area contributed by atoms with Gasteiger partial charge in [0.15, 0.2) is 11.6 Å². The second kappa shape index (κ2) is 11.7. The Morgan fingerprint density at radius 3 is 2.31 bits per heavy atom. The van der Waals surface area contributed by atoms with E-state index in [4.69, 9.17) is 22.1 Å². The molecule has 2 amide bonds. The lowest BCUT2D eigenvalue weighted by Crippen LogP contribution is -2.28. The lowest BCUT2D eigenvalue weighted by molar-refractivity contribution is 0.0635. The summed E-state index contributed by atoms with van der Waals surface area (Å²) in [6.07, 6.45) is 1.38. The largest absolute Gasteiger partial charge is 0.444 e. The van der Waals surface area contributed by atoms with Gasteiger partial charge in [0.1, 0.15) is 17.0 Å². The number of ether oxygens (including phenoxy) is 1. The van der Waals surface area contributed by atoms with Crippen LogP contribution in [0.2, 0.25) is 5.02 Å². The Morgan fingerprint density at radius 1 is 1.17 bits per heavy atom. The second-order valence-corrected chi connectivity index (χ2v) is 10.5. The Bertz CT molecular complexity index is 1110. The smallest absolute Gasteiger partial charge is 0.413 e. The third-order valence-electron chi connectivity index (χ3n) is 5.37. The first-order chi connectivity index (χ1) is 16.7. The van der Waals surface area contributed by atoms with E-state index in [1.165, 1.54) is 6.33 Å². The van der Waals surface area contributed by atoms with Gasteiger partial charge in [-0.05, 0) is 71.3 Å². The molecule has 0 bridgehead atoms. The van der Waals surface area contributed by atoms with Crippen molar-refractivity contribution in [2.24, 2.45) is 0 Å². The van der Waals surface area contributed by atoms with Crippen molar-refractivity contribution < 1.29 is 14.3 Å². The zero-order valence-electron chi connectivity index (χ0n) is 22.6. The number of carbonyl (C=O) groups excluding carboxylic acids is 2. The molecule has 0 saturated heterocycles. The highest BCUT2D eigenvalue weighted by molar-refractivity contribution is 6.35. The van der Waals surface area contributed by atoms with E-state index in [0.717, 1.165) is 24.1 Å². The predicted molar refractivity (Wildman–Crippen MR) is 145 cm³/mol. The van der Waals surface area contributed by atoms with E-state index in [2.05, 4.69) is 32.4 Å². The van der Waals surface area contributed by atoms with E-state index in [9.17, 15) is 9.59 Å². The minimum absolute atomic E-state index is 0.0182. The summed E-state index contributed by atoms with van der Waals surface area (Å²) in [6.45, 7) is 9.94. The molecular weight excluding hydrogens is 482 g/mol. The molecule has 4 N–H and O–H groups in total. The normalized spacial score (nSPS) is 12.3. The first kappa shape index (κ1) is 29.1. The quantitative estimate of drug-likeness (QED) is 0.422. The molecule has 10 nitrogen and oxygen atoms in total. The van der Waals surface area contributed by atoms with Crippen LogP contribution < -0.4 is 16.4 Å². The van der Waals surface area contributed by atoms with Gasteiger partial charge in [0.05, 0.1) is 11.4 Å². The Morgan fingerprint density at radius 2 is 1.78 bits per heavy atom. The average molecular weight is 520 g/mol. The highest BCUT2D eigenvalue weighted by atomic mass is 35.5. The summed E-state index contributed by atoms with van der Waals surface area (Å²) >= 11 is 6.52. The van der Waals surface area contributed by atoms with Gasteiger partial charge >= 0.3 is 6.09 Å². The fourth-order valence-corrected chi connectivity index (χ4v) is 4.02. The molecule has 1 atom stereocenters. The molecule has 0 aliphatic heterocycles. The van der Waals surface area contributed by atoms with Crippen LogP contribution in [0.5, 0.6) is 0 Å². The highest BCUT2D eigenvalue weighted by Gasteiger charge is 2.27. The standard InChI is InChI=1S/C25H38ClN7O3/c1-10-15(12-32(6)7)18-17(23(34)33(8)9)14(2)11-16(20(18)27)30-21-19(26)22(29-13-28-21)31-24(35)36-25(3,4)5/h11,13,15H,10,12,27H2,1-9H3,(H2,28,29,30,31,35). The summed E-state index contributed by atoms with van der Waals surface area (Å²) < 4.78 is 5.28. The number of nitrogens with zero attached hydrogens (tertiary/aromatic N) is 4. The number of rotatable bonds is 8. The van der Waals surface area contributed by atoms with Gasteiger partial charge in [-0.15, -0.1) is 0 Å². The Labute approximate surface area is 218 Å². The number of aromatic nitrogens is 2. The van der Waals surface area contributed by atoms with Crippen LogP contribution in [0.25, 0.3) is 0 Å². The van der Waals surface area contributed by atoms with Gasteiger partial charge in [-0.2, -0.15) is 0 Å². The van der Waals surface area contributed by atoms with Gasteiger partial charge in [-0.25, -0.2) is 14.8 Å². The number of halogens is 1. The molecule has 0 aliphatic rings. The van der Waals surface area contributed by atoms with Gasteiger partial charge < -0.3 is 25.6 Å². The lowest BCUT2D eigenvalue weighted by atomic mass is 9.86. The molecule has 2 rings (SSSR count). The van der Waals surface area contributed by atoms with Crippen molar-refractivity contribution in [3.05, 3.63) is 34.1 Å². The summed E-state index contributed by atoms with van der Waals surface area (Å²) in [4.78, 5) is 37.3. The average Bonchev–Trinajstić information content (AvgIpc) is 2.75. The summed E-state index contributed by atoms with van der Waals surface area (Å²) in [7, 11) is 7.42. The molecule has 1 unspecified atom stereocenters. The van der Waals surface area contributed by atoms with Crippen LogP contribution in [-0.2, 0) is 4.74 Å². The van der Waals surface area contributed by atoms with Crippen LogP contribution in [0.3, 0.4) is 0 Å². The minimum Gasteiger partial charge on any atom is -0.444 e. The van der Waals surface area contributed by atoms with Crippen LogP contribution >= 0.6 is 11.6 Å². The number of amides is 2. The van der Waals surface area contributed by atoms with Crippen molar-refractivity contribution >= 4 is 46.6 Å². The molecule has 1 heterocycles. The summed E-state index contributed by atoms with van der Waals surface area (Å²) in [6, 6.07) is 1.80. The molecule has 0 spiro atoms. The van der Waals surface area contributed by atoms with Gasteiger partial charge in [-0.3, -0.25) is 10.1 Å². The number of nitrogen functional groups attached to an aromatic ring is 1. The topological polar surface area (TPSA) is 126 Å². The molecule has 0 fully saturated rings.